The summed E-state index contributed by atoms with van der Waals surface area (Å²) >= 11 is 0. The first-order chi connectivity index (χ1) is 26.3. The molecule has 4 nitrogen and oxygen atoms in total. The Morgan fingerprint density at radius 1 is 0.491 bits per heavy atom. The fourth-order valence-corrected chi connectivity index (χ4v) is 9.38. The third-order valence-corrected chi connectivity index (χ3v) is 11.6. The smallest absolute Gasteiger partial charge is 0.146 e. The van der Waals surface area contributed by atoms with Crippen LogP contribution in [0.4, 0.5) is 0 Å². The quantitative estimate of drug-likeness (QED) is 0.183. The average Bonchev–Trinajstić information content (AvgIpc) is 3.83. The Labute approximate surface area is 304 Å². The zero-order valence-electron chi connectivity index (χ0n) is 28.5. The topological polar surface area (TPSA) is 43.9 Å². The van der Waals surface area contributed by atoms with E-state index in [2.05, 4.69) is 144 Å². The van der Waals surface area contributed by atoms with Crippen molar-refractivity contribution >= 4 is 56.0 Å². The van der Waals surface area contributed by atoms with Crippen LogP contribution in [-0.2, 0) is 5.41 Å². The second-order valence-electron chi connectivity index (χ2n) is 14.1. The Kier molecular flexibility index (Phi) is 5.67. The van der Waals surface area contributed by atoms with Gasteiger partial charge in [0.1, 0.15) is 22.6 Å². The summed E-state index contributed by atoms with van der Waals surface area (Å²) in [5.74, 6) is 0.855. The van der Waals surface area contributed by atoms with Crippen molar-refractivity contribution in [2.24, 2.45) is 0 Å². The van der Waals surface area contributed by atoms with Crippen molar-refractivity contribution in [3.05, 3.63) is 197 Å². The van der Waals surface area contributed by atoms with Gasteiger partial charge < -0.3 is 4.42 Å². The van der Waals surface area contributed by atoms with Crippen LogP contribution >= 0.6 is 0 Å². The number of pyridine rings is 2. The number of benzene rings is 6. The minimum atomic E-state index is -0.576. The second kappa shape index (κ2) is 10.5. The highest BCUT2D eigenvalue weighted by molar-refractivity contribution is 6.13. The first-order valence-electron chi connectivity index (χ1n) is 18.1. The van der Waals surface area contributed by atoms with Gasteiger partial charge >= 0.3 is 0 Å². The predicted molar refractivity (Wildman–Crippen MR) is 215 cm³/mol. The number of fused-ring (bicyclic) bond motifs is 16. The van der Waals surface area contributed by atoms with Crippen molar-refractivity contribution < 1.29 is 4.42 Å². The molecule has 1 spiro atoms. The monoisotopic (exact) mass is 675 g/mol. The van der Waals surface area contributed by atoms with Crippen LogP contribution in [0.2, 0.25) is 0 Å². The van der Waals surface area contributed by atoms with Gasteiger partial charge in [-0.1, -0.05) is 115 Å². The van der Waals surface area contributed by atoms with Gasteiger partial charge in [0.25, 0.3) is 0 Å². The van der Waals surface area contributed by atoms with E-state index in [0.717, 1.165) is 60.8 Å². The fourth-order valence-electron chi connectivity index (χ4n) is 9.38. The van der Waals surface area contributed by atoms with Crippen LogP contribution in [0.1, 0.15) is 33.4 Å². The molecule has 2 aliphatic carbocycles. The van der Waals surface area contributed by atoms with E-state index < -0.39 is 5.41 Å². The first-order valence-corrected chi connectivity index (χ1v) is 18.1. The Balaban J connectivity index is 1.15. The molecule has 0 radical (unpaired) electrons. The third kappa shape index (κ3) is 3.74. The van der Waals surface area contributed by atoms with E-state index >= 15 is 0 Å². The van der Waals surface area contributed by atoms with Crippen molar-refractivity contribution in [1.29, 1.82) is 0 Å². The molecule has 6 aromatic carbocycles. The third-order valence-electron chi connectivity index (χ3n) is 11.6. The molecule has 0 amide bonds. The maximum atomic E-state index is 6.77. The van der Waals surface area contributed by atoms with Gasteiger partial charge in [0.05, 0.1) is 10.9 Å². The number of hydrogen-bond donors (Lipinski definition) is 0. The summed E-state index contributed by atoms with van der Waals surface area (Å²) in [5, 5.41) is 4.54. The molecule has 0 aliphatic heterocycles. The summed E-state index contributed by atoms with van der Waals surface area (Å²) in [4.78, 5) is 9.52. The number of rotatable bonds is 2. The molecule has 0 N–H and O–H groups in total. The van der Waals surface area contributed by atoms with Crippen molar-refractivity contribution in [2.75, 3.05) is 0 Å². The maximum absolute atomic E-state index is 6.77. The van der Waals surface area contributed by atoms with Gasteiger partial charge in [0, 0.05) is 39.5 Å². The van der Waals surface area contributed by atoms with E-state index in [1.165, 1.54) is 44.5 Å². The molecule has 2 aliphatic rings. The van der Waals surface area contributed by atoms with E-state index in [1.54, 1.807) is 0 Å². The molecular weight excluding hydrogens is 647 g/mol. The molecule has 0 fully saturated rings. The maximum Gasteiger partial charge on any atom is 0.146 e. The largest absolute Gasteiger partial charge is 0.455 e. The van der Waals surface area contributed by atoms with Gasteiger partial charge in [-0.2, -0.15) is 0 Å². The second-order valence-corrected chi connectivity index (χ2v) is 14.1. The molecular formula is C49H29N3O. The van der Waals surface area contributed by atoms with Crippen LogP contribution in [-0.4, -0.2) is 14.5 Å². The molecule has 1 unspecified atom stereocenters. The lowest BCUT2D eigenvalue weighted by Crippen LogP contribution is -2.30. The molecule has 0 saturated carbocycles. The van der Waals surface area contributed by atoms with Crippen LogP contribution in [0, 0.1) is 0 Å². The zero-order chi connectivity index (χ0) is 34.7. The SMILES string of the molecule is C1=Cc2ccc(-c3ccc4c(c3)c3cccnc3n4-c3ccccn3)cc2C2(c3ccccc31)c1ccccc1-c1c2ccc2c1oc1ccccc12. The van der Waals surface area contributed by atoms with Gasteiger partial charge in [0.15, 0.2) is 0 Å². The van der Waals surface area contributed by atoms with E-state index in [0.29, 0.717) is 0 Å². The molecule has 1 atom stereocenters. The summed E-state index contributed by atoms with van der Waals surface area (Å²) in [6, 6.07) is 54.8. The van der Waals surface area contributed by atoms with Crippen molar-refractivity contribution in [3.63, 3.8) is 0 Å². The minimum absolute atomic E-state index is 0.576. The molecule has 12 rings (SSSR count). The summed E-state index contributed by atoms with van der Waals surface area (Å²) < 4.78 is 8.93. The van der Waals surface area contributed by atoms with Crippen LogP contribution in [0.3, 0.4) is 0 Å². The van der Waals surface area contributed by atoms with Crippen LogP contribution in [0.15, 0.2) is 168 Å². The Morgan fingerprint density at radius 2 is 1.25 bits per heavy atom. The Morgan fingerprint density at radius 3 is 2.17 bits per heavy atom. The highest BCUT2D eigenvalue weighted by Crippen LogP contribution is 2.60. The Bertz CT molecular complexity index is 3180. The normalized spacial score (nSPS) is 15.5. The molecule has 4 heterocycles. The van der Waals surface area contributed by atoms with E-state index in [9.17, 15) is 0 Å². The highest BCUT2D eigenvalue weighted by Gasteiger charge is 2.49. The lowest BCUT2D eigenvalue weighted by Gasteiger charge is -2.35. The first kappa shape index (κ1) is 28.6. The molecule has 53 heavy (non-hydrogen) atoms. The highest BCUT2D eigenvalue weighted by atomic mass is 16.3. The number of nitrogens with zero attached hydrogens (tertiary/aromatic N) is 3. The van der Waals surface area contributed by atoms with Crippen molar-refractivity contribution in [3.8, 4) is 28.1 Å². The van der Waals surface area contributed by atoms with Gasteiger partial charge in [0.2, 0.25) is 0 Å². The number of hydrogen-bond acceptors (Lipinski definition) is 3. The zero-order valence-corrected chi connectivity index (χ0v) is 28.5. The molecule has 246 valence electrons. The predicted octanol–water partition coefficient (Wildman–Crippen LogP) is 12.0. The van der Waals surface area contributed by atoms with E-state index in [-0.39, 0.29) is 0 Å². The standard InChI is InChI=1S/C49H29N3O/c1-4-14-39-30(10-1)18-19-31-20-21-33(32-22-25-43-38(28-32)36-13-9-27-51-48(36)52(43)45-17-7-8-26-50-45)29-42(31)49(39)40-15-5-2-12-37(40)46-41(49)24-23-35-34-11-3-6-16-44(34)53-47(35)46/h1-29H. The lowest BCUT2D eigenvalue weighted by molar-refractivity contribution is 0.669. The number of para-hydroxylation sites is 1. The minimum Gasteiger partial charge on any atom is -0.455 e. The summed E-state index contributed by atoms with van der Waals surface area (Å²) in [6.45, 7) is 0. The van der Waals surface area contributed by atoms with Crippen molar-refractivity contribution in [2.45, 2.75) is 5.41 Å². The molecule has 4 aromatic heterocycles. The molecule has 0 bridgehead atoms. The van der Waals surface area contributed by atoms with Crippen molar-refractivity contribution in [1.82, 2.24) is 14.5 Å². The van der Waals surface area contributed by atoms with Gasteiger partial charge in [-0.05, 0) is 98.6 Å². The van der Waals surface area contributed by atoms with Crippen LogP contribution in [0.25, 0.3) is 84.1 Å². The van der Waals surface area contributed by atoms with Gasteiger partial charge in [-0.3, -0.25) is 4.57 Å². The van der Waals surface area contributed by atoms with Gasteiger partial charge in [-0.25, -0.2) is 9.97 Å². The van der Waals surface area contributed by atoms with Gasteiger partial charge in [-0.15, -0.1) is 0 Å². The van der Waals surface area contributed by atoms with Crippen LogP contribution in [0.5, 0.6) is 0 Å². The summed E-state index contributed by atoms with van der Waals surface area (Å²) in [7, 11) is 0. The summed E-state index contributed by atoms with van der Waals surface area (Å²) in [5.41, 5.74) is 15.5. The molecule has 10 aromatic rings. The van der Waals surface area contributed by atoms with E-state index in [4.69, 9.17) is 14.4 Å². The lowest BCUT2D eigenvalue weighted by atomic mass is 9.65. The Hall–Kier alpha value is -7.04. The van der Waals surface area contributed by atoms with E-state index in [1.807, 2.05) is 36.7 Å². The molecule has 0 saturated heterocycles. The fraction of sp³-hybridized carbons (Fsp3) is 0.0204. The molecule has 4 heteroatoms. The average molecular weight is 676 g/mol. The number of furan rings is 1. The van der Waals surface area contributed by atoms with Crippen LogP contribution < -0.4 is 0 Å². The summed E-state index contributed by atoms with van der Waals surface area (Å²) in [6.07, 6.45) is 8.27. The number of aromatic nitrogens is 3.